The molecule has 0 aliphatic carbocycles. The first-order chi connectivity index (χ1) is 11.2. The number of ether oxygens (including phenoxy) is 1. The maximum Gasteiger partial charge on any atom is 0.191 e. The molecule has 0 spiro atoms. The summed E-state index contributed by atoms with van der Waals surface area (Å²) in [5.41, 5.74) is 2.30. The van der Waals surface area contributed by atoms with Gasteiger partial charge in [-0.2, -0.15) is 0 Å². The molecule has 0 bridgehead atoms. The van der Waals surface area contributed by atoms with Gasteiger partial charge in [0.05, 0.1) is 19.7 Å². The minimum atomic E-state index is 0.593. The van der Waals surface area contributed by atoms with Gasteiger partial charge >= 0.3 is 0 Å². The molecule has 2 aromatic rings. The molecule has 0 radical (unpaired) electrons. The van der Waals surface area contributed by atoms with Crippen LogP contribution in [0.4, 0.5) is 0 Å². The summed E-state index contributed by atoms with van der Waals surface area (Å²) in [5, 5.41) is 8.73. The molecule has 1 aromatic carbocycles. The molecule has 4 nitrogen and oxygen atoms in total. The van der Waals surface area contributed by atoms with Crippen LogP contribution in [-0.4, -0.2) is 19.1 Å². The number of rotatable bonds is 7. The molecule has 0 atom stereocenters. The van der Waals surface area contributed by atoms with Crippen LogP contribution >= 0.6 is 11.3 Å². The lowest BCUT2D eigenvalue weighted by Crippen LogP contribution is -2.36. The van der Waals surface area contributed by atoms with E-state index >= 15 is 0 Å². The van der Waals surface area contributed by atoms with Crippen molar-refractivity contribution in [2.24, 2.45) is 4.99 Å². The number of nitrogens with one attached hydrogen (secondary N) is 2. The summed E-state index contributed by atoms with van der Waals surface area (Å²) in [5.74, 6) is 1.74. The summed E-state index contributed by atoms with van der Waals surface area (Å²) in [4.78, 5) is 5.97. The first kappa shape index (κ1) is 17.3. The molecule has 0 aliphatic heterocycles. The number of hydrogen-bond acceptors (Lipinski definition) is 3. The van der Waals surface area contributed by atoms with Crippen molar-refractivity contribution in [2.75, 3.05) is 13.2 Å². The van der Waals surface area contributed by atoms with Crippen molar-refractivity contribution < 1.29 is 4.74 Å². The van der Waals surface area contributed by atoms with Gasteiger partial charge in [0.15, 0.2) is 5.96 Å². The number of nitrogens with zero attached hydrogens (tertiary/aromatic N) is 1. The van der Waals surface area contributed by atoms with Gasteiger partial charge in [-0.1, -0.05) is 18.2 Å². The van der Waals surface area contributed by atoms with Crippen LogP contribution in [0.5, 0.6) is 5.75 Å². The highest BCUT2D eigenvalue weighted by Gasteiger charge is 2.05. The smallest absolute Gasteiger partial charge is 0.191 e. The van der Waals surface area contributed by atoms with Crippen molar-refractivity contribution in [3.8, 4) is 5.75 Å². The Morgan fingerprint density at radius 3 is 2.78 bits per heavy atom. The number of guanidine groups is 1. The van der Waals surface area contributed by atoms with E-state index in [0.717, 1.165) is 30.4 Å². The van der Waals surface area contributed by atoms with E-state index in [0.29, 0.717) is 13.2 Å². The van der Waals surface area contributed by atoms with Crippen molar-refractivity contribution in [3.05, 3.63) is 51.7 Å². The van der Waals surface area contributed by atoms with Gasteiger partial charge in [0.1, 0.15) is 5.75 Å². The van der Waals surface area contributed by atoms with E-state index in [4.69, 9.17) is 4.74 Å². The third-order valence-corrected chi connectivity index (χ3v) is 4.16. The SMILES string of the molecule is CCNC(=NCc1ccc(C)cc1OCC)NCc1cccs1. The van der Waals surface area contributed by atoms with Gasteiger partial charge in [0.25, 0.3) is 0 Å². The maximum atomic E-state index is 5.72. The molecule has 2 N–H and O–H groups in total. The minimum absolute atomic E-state index is 0.593. The van der Waals surface area contributed by atoms with Crippen molar-refractivity contribution in [2.45, 2.75) is 33.9 Å². The van der Waals surface area contributed by atoms with E-state index < -0.39 is 0 Å². The molecule has 1 aromatic heterocycles. The summed E-state index contributed by atoms with van der Waals surface area (Å²) >= 11 is 1.74. The topological polar surface area (TPSA) is 45.7 Å². The molecule has 0 fully saturated rings. The Hall–Kier alpha value is -2.01. The van der Waals surface area contributed by atoms with Crippen LogP contribution in [0.25, 0.3) is 0 Å². The largest absolute Gasteiger partial charge is 0.494 e. The van der Waals surface area contributed by atoms with Crippen LogP contribution in [0.2, 0.25) is 0 Å². The lowest BCUT2D eigenvalue weighted by Gasteiger charge is -2.12. The quantitative estimate of drug-likeness (QED) is 0.600. The van der Waals surface area contributed by atoms with Gasteiger partial charge in [-0.25, -0.2) is 4.99 Å². The van der Waals surface area contributed by atoms with Gasteiger partial charge in [-0.05, 0) is 43.8 Å². The predicted octanol–water partition coefficient (Wildman–Crippen LogP) is 3.71. The van der Waals surface area contributed by atoms with E-state index in [2.05, 4.69) is 65.2 Å². The number of aryl methyl sites for hydroxylation is 1. The highest BCUT2D eigenvalue weighted by molar-refractivity contribution is 7.09. The predicted molar refractivity (Wildman–Crippen MR) is 98.3 cm³/mol. The molecular weight excluding hydrogens is 306 g/mol. The Labute approximate surface area is 142 Å². The normalized spacial score (nSPS) is 11.3. The first-order valence-electron chi connectivity index (χ1n) is 7.99. The van der Waals surface area contributed by atoms with E-state index in [-0.39, 0.29) is 0 Å². The lowest BCUT2D eigenvalue weighted by atomic mass is 10.1. The molecular formula is C18H25N3OS. The van der Waals surface area contributed by atoms with E-state index in [1.165, 1.54) is 10.4 Å². The van der Waals surface area contributed by atoms with Crippen molar-refractivity contribution in [1.29, 1.82) is 0 Å². The fraction of sp³-hybridized carbons (Fsp3) is 0.389. The molecule has 1 heterocycles. The maximum absolute atomic E-state index is 5.72. The van der Waals surface area contributed by atoms with Gasteiger partial charge in [-0.3, -0.25) is 0 Å². The monoisotopic (exact) mass is 331 g/mol. The average Bonchev–Trinajstić information content (AvgIpc) is 3.05. The number of aliphatic imine (C=N–C) groups is 1. The van der Waals surface area contributed by atoms with E-state index in [1.54, 1.807) is 11.3 Å². The summed E-state index contributed by atoms with van der Waals surface area (Å²) in [6.07, 6.45) is 0. The van der Waals surface area contributed by atoms with Crippen LogP contribution in [0.3, 0.4) is 0 Å². The molecule has 23 heavy (non-hydrogen) atoms. The number of benzene rings is 1. The van der Waals surface area contributed by atoms with Crippen molar-refractivity contribution in [3.63, 3.8) is 0 Å². The average molecular weight is 331 g/mol. The van der Waals surface area contributed by atoms with Crippen LogP contribution < -0.4 is 15.4 Å². The zero-order chi connectivity index (χ0) is 16.5. The fourth-order valence-electron chi connectivity index (χ4n) is 2.17. The molecule has 0 aliphatic rings. The summed E-state index contributed by atoms with van der Waals surface area (Å²) in [6.45, 7) is 9.02. The number of hydrogen-bond donors (Lipinski definition) is 2. The van der Waals surface area contributed by atoms with E-state index in [1.807, 2.05) is 6.92 Å². The van der Waals surface area contributed by atoms with Gasteiger partial charge in [0, 0.05) is 17.0 Å². The standard InChI is InChI=1S/C18H25N3OS/c1-4-19-18(21-13-16-7-6-10-23-16)20-12-15-9-8-14(3)11-17(15)22-5-2/h6-11H,4-5,12-13H2,1-3H3,(H2,19,20,21). The van der Waals surface area contributed by atoms with Crippen LogP contribution in [0.15, 0.2) is 40.7 Å². The van der Waals surface area contributed by atoms with Gasteiger partial charge in [-0.15, -0.1) is 11.3 Å². The second kappa shape index (κ2) is 9.20. The van der Waals surface area contributed by atoms with Gasteiger partial charge < -0.3 is 15.4 Å². The Morgan fingerprint density at radius 1 is 1.22 bits per heavy atom. The Bertz CT molecular complexity index is 623. The van der Waals surface area contributed by atoms with Crippen LogP contribution in [0, 0.1) is 6.92 Å². The lowest BCUT2D eigenvalue weighted by molar-refractivity contribution is 0.336. The second-order valence-electron chi connectivity index (χ2n) is 5.17. The van der Waals surface area contributed by atoms with Crippen LogP contribution in [0.1, 0.15) is 29.9 Å². The molecule has 124 valence electrons. The highest BCUT2D eigenvalue weighted by Crippen LogP contribution is 2.21. The van der Waals surface area contributed by atoms with Crippen LogP contribution in [-0.2, 0) is 13.1 Å². The molecule has 0 unspecified atom stereocenters. The Morgan fingerprint density at radius 2 is 2.09 bits per heavy atom. The third-order valence-electron chi connectivity index (χ3n) is 3.28. The zero-order valence-electron chi connectivity index (χ0n) is 14.1. The summed E-state index contributed by atoms with van der Waals surface area (Å²) in [7, 11) is 0. The minimum Gasteiger partial charge on any atom is -0.494 e. The molecule has 0 saturated carbocycles. The highest BCUT2D eigenvalue weighted by atomic mass is 32.1. The van der Waals surface area contributed by atoms with Crippen molar-refractivity contribution in [1.82, 2.24) is 10.6 Å². The molecule has 2 rings (SSSR count). The molecule has 0 amide bonds. The van der Waals surface area contributed by atoms with Gasteiger partial charge in [0.2, 0.25) is 0 Å². The molecule has 0 saturated heterocycles. The summed E-state index contributed by atoms with van der Waals surface area (Å²) < 4.78 is 5.72. The summed E-state index contributed by atoms with van der Waals surface area (Å²) in [6, 6.07) is 10.4. The zero-order valence-corrected chi connectivity index (χ0v) is 14.9. The second-order valence-corrected chi connectivity index (χ2v) is 6.20. The first-order valence-corrected chi connectivity index (χ1v) is 8.87. The Kier molecular flexibility index (Phi) is 6.94. The number of thiophene rings is 1. The van der Waals surface area contributed by atoms with Crippen molar-refractivity contribution >= 4 is 17.3 Å². The third kappa shape index (κ3) is 5.60. The van der Waals surface area contributed by atoms with E-state index in [9.17, 15) is 0 Å². The molecule has 5 heteroatoms. The Balaban J connectivity index is 2.04. The fourth-order valence-corrected chi connectivity index (χ4v) is 2.82.